The molecule has 5 nitrogen and oxygen atoms in total. The van der Waals surface area contributed by atoms with Crippen molar-refractivity contribution in [2.45, 2.75) is 25.4 Å². The molecule has 0 saturated heterocycles. The van der Waals surface area contributed by atoms with Gasteiger partial charge in [0.25, 0.3) is 0 Å². The summed E-state index contributed by atoms with van der Waals surface area (Å²) in [5.41, 5.74) is -0.781. The maximum absolute atomic E-state index is 11.2. The number of ether oxygens (including phenoxy) is 1. The summed E-state index contributed by atoms with van der Waals surface area (Å²) in [5, 5.41) is 12.9. The maximum atomic E-state index is 11.2. The molecule has 0 aromatic heterocycles. The molecule has 0 spiro atoms. The van der Waals surface area contributed by atoms with E-state index < -0.39 is 5.60 Å². The van der Waals surface area contributed by atoms with E-state index in [0.717, 1.165) is 0 Å². The average Bonchev–Trinajstić information content (AvgIpc) is 2.21. The van der Waals surface area contributed by atoms with Gasteiger partial charge in [0, 0.05) is 53.7 Å². The molecule has 0 aromatic rings. The normalized spacial score (nSPS) is 14.6. The van der Waals surface area contributed by atoms with Crippen molar-refractivity contribution in [3.8, 4) is 0 Å². The van der Waals surface area contributed by atoms with E-state index in [2.05, 4.69) is 5.32 Å². The highest BCUT2D eigenvalue weighted by atomic mass is 16.5. The topological polar surface area (TPSA) is 61.8 Å². The van der Waals surface area contributed by atoms with E-state index in [1.807, 2.05) is 0 Å². The van der Waals surface area contributed by atoms with Crippen LogP contribution in [0.1, 0.15) is 19.8 Å². The van der Waals surface area contributed by atoms with Crippen molar-refractivity contribution in [2.24, 2.45) is 0 Å². The Labute approximate surface area is 97.8 Å². The van der Waals surface area contributed by atoms with Crippen molar-refractivity contribution in [1.82, 2.24) is 10.2 Å². The Morgan fingerprint density at radius 3 is 2.62 bits per heavy atom. The van der Waals surface area contributed by atoms with Gasteiger partial charge in [-0.05, 0) is 6.92 Å². The minimum atomic E-state index is -0.781. The number of aliphatic hydroxyl groups is 1. The van der Waals surface area contributed by atoms with Gasteiger partial charge < -0.3 is 20.1 Å². The molecule has 0 saturated carbocycles. The lowest BCUT2D eigenvalue weighted by molar-refractivity contribution is -0.128. The molecule has 0 aliphatic heterocycles. The summed E-state index contributed by atoms with van der Waals surface area (Å²) in [6, 6.07) is 0. The molecule has 0 radical (unpaired) electrons. The van der Waals surface area contributed by atoms with E-state index in [4.69, 9.17) is 4.74 Å². The smallest absolute Gasteiger partial charge is 0.223 e. The largest absolute Gasteiger partial charge is 0.389 e. The van der Waals surface area contributed by atoms with E-state index >= 15 is 0 Å². The Hall–Kier alpha value is -0.650. The van der Waals surface area contributed by atoms with Gasteiger partial charge in [-0.3, -0.25) is 4.79 Å². The van der Waals surface area contributed by atoms with Gasteiger partial charge in [0.2, 0.25) is 5.91 Å². The van der Waals surface area contributed by atoms with Gasteiger partial charge in [-0.25, -0.2) is 0 Å². The summed E-state index contributed by atoms with van der Waals surface area (Å²) >= 11 is 0. The first-order valence-electron chi connectivity index (χ1n) is 5.51. The molecule has 0 heterocycles. The highest BCUT2D eigenvalue weighted by Gasteiger charge is 2.19. The predicted octanol–water partition coefficient (Wildman–Crippen LogP) is -0.158. The SMILES string of the molecule is COCCC(C)(O)CNCCC(=O)N(C)C. The number of hydrogen-bond acceptors (Lipinski definition) is 4. The lowest BCUT2D eigenvalue weighted by Gasteiger charge is -2.23. The molecule has 0 aliphatic rings. The third-order valence-corrected chi connectivity index (χ3v) is 2.37. The van der Waals surface area contributed by atoms with Crippen LogP contribution in [0.25, 0.3) is 0 Å². The summed E-state index contributed by atoms with van der Waals surface area (Å²) in [7, 11) is 5.08. The minimum absolute atomic E-state index is 0.0871. The molecule has 1 amide bonds. The van der Waals surface area contributed by atoms with Crippen molar-refractivity contribution < 1.29 is 14.6 Å². The summed E-state index contributed by atoms with van der Waals surface area (Å²) in [5.74, 6) is 0.0871. The number of carbonyl (C=O) groups is 1. The van der Waals surface area contributed by atoms with Gasteiger partial charge in [-0.1, -0.05) is 0 Å². The fourth-order valence-corrected chi connectivity index (χ4v) is 1.19. The van der Waals surface area contributed by atoms with Gasteiger partial charge in [0.1, 0.15) is 0 Å². The van der Waals surface area contributed by atoms with Gasteiger partial charge in [0.15, 0.2) is 0 Å². The third-order valence-electron chi connectivity index (χ3n) is 2.37. The summed E-state index contributed by atoms with van der Waals surface area (Å²) in [6.07, 6.45) is 1.03. The standard InChI is InChI=1S/C11H24N2O3/c1-11(15,6-8-16-4)9-12-7-5-10(14)13(2)3/h12,15H,5-9H2,1-4H3. The number of nitrogens with one attached hydrogen (secondary N) is 1. The second kappa shape index (κ2) is 7.60. The van der Waals surface area contributed by atoms with Crippen molar-refractivity contribution in [3.05, 3.63) is 0 Å². The van der Waals surface area contributed by atoms with E-state index in [-0.39, 0.29) is 5.91 Å². The van der Waals surface area contributed by atoms with Crippen LogP contribution in [0.3, 0.4) is 0 Å². The second-order valence-electron chi connectivity index (χ2n) is 4.45. The Kier molecular flexibility index (Phi) is 7.29. The molecule has 16 heavy (non-hydrogen) atoms. The fraction of sp³-hybridized carbons (Fsp3) is 0.909. The van der Waals surface area contributed by atoms with Crippen LogP contribution < -0.4 is 5.32 Å². The number of carbonyl (C=O) groups excluding carboxylic acids is 1. The molecule has 0 bridgehead atoms. The second-order valence-corrected chi connectivity index (χ2v) is 4.45. The first kappa shape index (κ1) is 15.3. The monoisotopic (exact) mass is 232 g/mol. The van der Waals surface area contributed by atoms with Crippen molar-refractivity contribution in [1.29, 1.82) is 0 Å². The van der Waals surface area contributed by atoms with Gasteiger partial charge in [-0.2, -0.15) is 0 Å². The number of rotatable bonds is 8. The lowest BCUT2D eigenvalue weighted by atomic mass is 10.0. The van der Waals surface area contributed by atoms with E-state index in [1.54, 1.807) is 33.0 Å². The predicted molar refractivity (Wildman–Crippen MR) is 63.3 cm³/mol. The van der Waals surface area contributed by atoms with Gasteiger partial charge in [-0.15, -0.1) is 0 Å². The minimum Gasteiger partial charge on any atom is -0.389 e. The molecule has 5 heteroatoms. The molecule has 1 atom stereocenters. The van der Waals surface area contributed by atoms with Crippen LogP contribution in [-0.2, 0) is 9.53 Å². The molecule has 1 unspecified atom stereocenters. The van der Waals surface area contributed by atoms with Crippen molar-refractivity contribution >= 4 is 5.91 Å². The van der Waals surface area contributed by atoms with Crippen LogP contribution in [-0.4, -0.2) is 62.4 Å². The van der Waals surface area contributed by atoms with Gasteiger partial charge in [0.05, 0.1) is 5.60 Å². The highest BCUT2D eigenvalue weighted by Crippen LogP contribution is 2.07. The van der Waals surface area contributed by atoms with Crippen LogP contribution >= 0.6 is 0 Å². The Morgan fingerprint density at radius 2 is 2.12 bits per heavy atom. The zero-order chi connectivity index (χ0) is 12.6. The third kappa shape index (κ3) is 7.62. The Balaban J connectivity index is 3.61. The van der Waals surface area contributed by atoms with E-state index in [9.17, 15) is 9.90 Å². The zero-order valence-corrected chi connectivity index (χ0v) is 10.7. The van der Waals surface area contributed by atoms with Crippen molar-refractivity contribution in [3.63, 3.8) is 0 Å². The highest BCUT2D eigenvalue weighted by molar-refractivity contribution is 5.75. The van der Waals surface area contributed by atoms with Gasteiger partial charge >= 0.3 is 0 Å². The number of amides is 1. The molecule has 0 aromatic carbocycles. The van der Waals surface area contributed by atoms with Crippen LogP contribution in [0.15, 0.2) is 0 Å². The quantitative estimate of drug-likeness (QED) is 0.571. The molecule has 0 aliphatic carbocycles. The number of hydrogen-bond donors (Lipinski definition) is 2. The van der Waals surface area contributed by atoms with Crippen LogP contribution in [0, 0.1) is 0 Å². The maximum Gasteiger partial charge on any atom is 0.223 e. The Bertz CT molecular complexity index is 205. The number of nitrogens with zero attached hydrogens (tertiary/aromatic N) is 1. The fourth-order valence-electron chi connectivity index (χ4n) is 1.19. The first-order chi connectivity index (χ1) is 7.39. The average molecular weight is 232 g/mol. The molecule has 0 rings (SSSR count). The molecule has 0 fully saturated rings. The molecular formula is C11H24N2O3. The van der Waals surface area contributed by atoms with E-state index in [1.165, 1.54) is 0 Å². The Morgan fingerprint density at radius 1 is 1.50 bits per heavy atom. The van der Waals surface area contributed by atoms with Crippen LogP contribution in [0.2, 0.25) is 0 Å². The first-order valence-corrected chi connectivity index (χ1v) is 5.51. The van der Waals surface area contributed by atoms with Crippen molar-refractivity contribution in [2.75, 3.05) is 40.9 Å². The zero-order valence-electron chi connectivity index (χ0n) is 10.7. The molecule has 2 N–H and O–H groups in total. The molecule has 96 valence electrons. The van der Waals surface area contributed by atoms with E-state index in [0.29, 0.717) is 32.5 Å². The van der Waals surface area contributed by atoms with Crippen LogP contribution in [0.4, 0.5) is 0 Å². The molecular weight excluding hydrogens is 208 g/mol. The summed E-state index contributed by atoms with van der Waals surface area (Å²) < 4.78 is 4.91. The summed E-state index contributed by atoms with van der Waals surface area (Å²) in [4.78, 5) is 12.8. The number of methoxy groups -OCH3 is 1. The summed E-state index contributed by atoms with van der Waals surface area (Å²) in [6.45, 7) is 3.34. The lowest BCUT2D eigenvalue weighted by Crippen LogP contribution is -2.40. The van der Waals surface area contributed by atoms with Crippen LogP contribution in [0.5, 0.6) is 0 Å².